The Bertz CT molecular complexity index is 1580. The zero-order valence-corrected chi connectivity index (χ0v) is 21.7. The maximum Gasteiger partial charge on any atom is 0.337 e. The van der Waals surface area contributed by atoms with Gasteiger partial charge in [0.15, 0.2) is 0 Å². The summed E-state index contributed by atoms with van der Waals surface area (Å²) in [4.78, 5) is 42.2. The molecular weight excluding hydrogens is 498 g/mol. The normalized spacial score (nSPS) is 13.0. The van der Waals surface area contributed by atoms with Crippen molar-refractivity contribution in [3.8, 4) is 11.4 Å². The Labute approximate surface area is 216 Å². The molecule has 2 aromatic carbocycles. The van der Waals surface area contributed by atoms with Crippen LogP contribution in [0.5, 0.6) is 5.75 Å². The summed E-state index contributed by atoms with van der Waals surface area (Å²) in [7, 11) is 1.52. The van der Waals surface area contributed by atoms with Crippen LogP contribution in [0.4, 0.5) is 5.69 Å². The Morgan fingerprint density at radius 3 is 2.56 bits per heavy atom. The Morgan fingerprint density at radius 1 is 1.11 bits per heavy atom. The standard InChI is InChI=1S/C27H26ClN3O4S/c1-3-16-8-11-18(12-9-16)31-25(33)24-19-6-4-5-7-22(19)36-26(24)30(27(31)34)15-23(32)29-17-10-13-21(35-2)20(28)14-17/h8-14H,3-7,15H2,1-2H3,(H,29,32). The number of fused-ring (bicyclic) bond motifs is 3. The summed E-state index contributed by atoms with van der Waals surface area (Å²) < 4.78 is 7.78. The van der Waals surface area contributed by atoms with Gasteiger partial charge in [0, 0.05) is 10.6 Å². The lowest BCUT2D eigenvalue weighted by atomic mass is 9.97. The van der Waals surface area contributed by atoms with Gasteiger partial charge in [-0.15, -0.1) is 11.3 Å². The highest BCUT2D eigenvalue weighted by atomic mass is 35.5. The predicted octanol–water partition coefficient (Wildman–Crippen LogP) is 4.96. The highest BCUT2D eigenvalue weighted by Gasteiger charge is 2.25. The first-order valence-electron chi connectivity index (χ1n) is 11.9. The largest absolute Gasteiger partial charge is 0.495 e. The van der Waals surface area contributed by atoms with Gasteiger partial charge in [0.25, 0.3) is 5.56 Å². The van der Waals surface area contributed by atoms with Crippen LogP contribution in [0.1, 0.15) is 35.8 Å². The van der Waals surface area contributed by atoms with Crippen molar-refractivity contribution in [3.63, 3.8) is 0 Å². The third-order valence-electron chi connectivity index (χ3n) is 6.58. The van der Waals surface area contributed by atoms with Crippen LogP contribution < -0.4 is 21.3 Å². The molecule has 0 atom stereocenters. The van der Waals surface area contributed by atoms with Gasteiger partial charge >= 0.3 is 5.69 Å². The number of benzene rings is 2. The van der Waals surface area contributed by atoms with E-state index in [0.29, 0.717) is 32.4 Å². The molecule has 186 valence electrons. The lowest BCUT2D eigenvalue weighted by molar-refractivity contribution is -0.116. The number of nitrogens with one attached hydrogen (secondary N) is 1. The molecule has 0 fully saturated rings. The minimum absolute atomic E-state index is 0.230. The molecule has 1 aliphatic carbocycles. The van der Waals surface area contributed by atoms with Crippen molar-refractivity contribution in [2.24, 2.45) is 0 Å². The van der Waals surface area contributed by atoms with E-state index >= 15 is 0 Å². The number of nitrogens with zero attached hydrogens (tertiary/aromatic N) is 2. The number of aryl methyl sites for hydroxylation is 3. The Balaban J connectivity index is 1.62. The Hall–Kier alpha value is -3.36. The summed E-state index contributed by atoms with van der Waals surface area (Å²) >= 11 is 7.65. The van der Waals surface area contributed by atoms with Crippen molar-refractivity contribution in [2.75, 3.05) is 12.4 Å². The van der Waals surface area contributed by atoms with E-state index in [9.17, 15) is 14.4 Å². The third-order valence-corrected chi connectivity index (χ3v) is 8.19. The van der Waals surface area contributed by atoms with Gasteiger partial charge in [0.05, 0.1) is 23.2 Å². The lowest BCUT2D eigenvalue weighted by Gasteiger charge is -2.14. The topological polar surface area (TPSA) is 82.3 Å². The molecular formula is C27H26ClN3O4S. The second kappa shape index (κ2) is 9.95. The van der Waals surface area contributed by atoms with E-state index in [1.807, 2.05) is 19.1 Å². The number of ether oxygens (including phenoxy) is 1. The molecule has 0 saturated carbocycles. The molecule has 7 nitrogen and oxygen atoms in total. The molecule has 0 bridgehead atoms. The Kier molecular flexibility index (Phi) is 6.73. The van der Waals surface area contributed by atoms with E-state index in [4.69, 9.17) is 16.3 Å². The highest BCUT2D eigenvalue weighted by molar-refractivity contribution is 7.18. The van der Waals surface area contributed by atoms with Crippen molar-refractivity contribution in [3.05, 3.63) is 84.3 Å². The van der Waals surface area contributed by atoms with Gasteiger partial charge in [-0.2, -0.15) is 0 Å². The molecule has 36 heavy (non-hydrogen) atoms. The fraction of sp³-hybridized carbons (Fsp3) is 0.296. The number of carbonyl (C=O) groups excluding carboxylic acids is 1. The number of halogens is 1. The number of aromatic nitrogens is 2. The zero-order valence-electron chi connectivity index (χ0n) is 20.1. The quantitative estimate of drug-likeness (QED) is 0.387. The summed E-state index contributed by atoms with van der Waals surface area (Å²) in [6.45, 7) is 1.82. The summed E-state index contributed by atoms with van der Waals surface area (Å²) in [6, 6.07) is 12.3. The van der Waals surface area contributed by atoms with Crippen LogP contribution >= 0.6 is 22.9 Å². The third kappa shape index (κ3) is 4.35. The summed E-state index contributed by atoms with van der Waals surface area (Å²) in [5, 5.41) is 3.72. The summed E-state index contributed by atoms with van der Waals surface area (Å²) in [5.74, 6) is 0.107. The molecule has 2 aromatic heterocycles. The molecule has 9 heteroatoms. The average Bonchev–Trinajstić information content (AvgIpc) is 3.27. The van der Waals surface area contributed by atoms with Gasteiger partial charge in [-0.25, -0.2) is 9.36 Å². The molecule has 5 rings (SSSR count). The monoisotopic (exact) mass is 523 g/mol. The van der Waals surface area contributed by atoms with Gasteiger partial charge in [0.2, 0.25) is 5.91 Å². The fourth-order valence-corrected chi connectivity index (χ4v) is 6.33. The van der Waals surface area contributed by atoms with Crippen LogP contribution in [0, 0.1) is 0 Å². The first kappa shape index (κ1) is 24.3. The van der Waals surface area contributed by atoms with E-state index in [-0.39, 0.29) is 12.1 Å². The minimum atomic E-state index is -0.529. The van der Waals surface area contributed by atoms with Crippen LogP contribution in [0.3, 0.4) is 0 Å². The molecule has 1 amide bonds. The van der Waals surface area contributed by atoms with Crippen molar-refractivity contribution in [1.29, 1.82) is 0 Å². The predicted molar refractivity (Wildman–Crippen MR) is 144 cm³/mol. The van der Waals surface area contributed by atoms with Crippen LogP contribution in [-0.4, -0.2) is 22.2 Å². The van der Waals surface area contributed by atoms with Crippen LogP contribution in [0.15, 0.2) is 52.1 Å². The molecule has 0 aliphatic heterocycles. The SMILES string of the molecule is CCc1ccc(-n2c(=O)c3c4c(sc3n(CC(=O)Nc3ccc(OC)c(Cl)c3)c2=O)CCCC4)cc1. The first-order chi connectivity index (χ1) is 17.4. The van der Waals surface area contributed by atoms with Gasteiger partial charge < -0.3 is 10.1 Å². The van der Waals surface area contributed by atoms with E-state index in [1.54, 1.807) is 30.3 Å². The summed E-state index contributed by atoms with van der Waals surface area (Å²) in [6.07, 6.45) is 4.58. The maximum atomic E-state index is 13.7. The molecule has 1 aliphatic rings. The second-order valence-corrected chi connectivity index (χ2v) is 10.3. The number of methoxy groups -OCH3 is 1. The minimum Gasteiger partial charge on any atom is -0.495 e. The molecule has 1 N–H and O–H groups in total. The van der Waals surface area contributed by atoms with Crippen molar-refractivity contribution in [2.45, 2.75) is 45.6 Å². The highest BCUT2D eigenvalue weighted by Crippen LogP contribution is 2.34. The first-order valence-corrected chi connectivity index (χ1v) is 13.1. The number of anilines is 1. The number of amides is 1. The van der Waals surface area contributed by atoms with Gasteiger partial charge in [-0.05, 0) is 73.6 Å². The zero-order chi connectivity index (χ0) is 25.4. The molecule has 2 heterocycles. The fourth-order valence-electron chi connectivity index (χ4n) is 4.70. The number of carbonyl (C=O) groups is 1. The number of hydrogen-bond donors (Lipinski definition) is 1. The number of hydrogen-bond acceptors (Lipinski definition) is 5. The smallest absolute Gasteiger partial charge is 0.337 e. The van der Waals surface area contributed by atoms with E-state index in [1.165, 1.54) is 27.6 Å². The molecule has 0 unspecified atom stereocenters. The maximum absolute atomic E-state index is 13.7. The molecule has 0 spiro atoms. The molecule has 4 aromatic rings. The van der Waals surface area contributed by atoms with Crippen molar-refractivity contribution in [1.82, 2.24) is 9.13 Å². The van der Waals surface area contributed by atoms with E-state index in [0.717, 1.165) is 48.1 Å². The molecule has 0 saturated heterocycles. The van der Waals surface area contributed by atoms with E-state index in [2.05, 4.69) is 5.32 Å². The second-order valence-electron chi connectivity index (χ2n) is 8.82. The van der Waals surface area contributed by atoms with Crippen molar-refractivity contribution >= 4 is 44.7 Å². The van der Waals surface area contributed by atoms with Crippen LogP contribution in [0.25, 0.3) is 15.9 Å². The van der Waals surface area contributed by atoms with Gasteiger partial charge in [-0.1, -0.05) is 30.7 Å². The molecule has 0 radical (unpaired) electrons. The lowest BCUT2D eigenvalue weighted by Crippen LogP contribution is -2.40. The number of thiophene rings is 1. The van der Waals surface area contributed by atoms with Crippen molar-refractivity contribution < 1.29 is 9.53 Å². The van der Waals surface area contributed by atoms with E-state index < -0.39 is 11.6 Å². The van der Waals surface area contributed by atoms with Crippen LogP contribution in [-0.2, 0) is 30.6 Å². The van der Waals surface area contributed by atoms with Crippen LogP contribution in [0.2, 0.25) is 5.02 Å². The number of rotatable bonds is 6. The van der Waals surface area contributed by atoms with Gasteiger partial charge in [-0.3, -0.25) is 14.2 Å². The Morgan fingerprint density at radius 2 is 1.86 bits per heavy atom. The average molecular weight is 524 g/mol. The van der Waals surface area contributed by atoms with Gasteiger partial charge in [0.1, 0.15) is 17.1 Å². The summed E-state index contributed by atoms with van der Waals surface area (Å²) in [5.41, 5.74) is 2.26.